The van der Waals surface area contributed by atoms with Crippen molar-refractivity contribution in [2.75, 3.05) is 14.2 Å². The van der Waals surface area contributed by atoms with E-state index < -0.39 is 12.1 Å². The average Bonchev–Trinajstić information content (AvgIpc) is 2.27. The third kappa shape index (κ3) is 2.38. The zero-order chi connectivity index (χ0) is 11.4. The number of carbonyl (C=O) groups excluding carboxylic acids is 1. The lowest BCUT2D eigenvalue weighted by Crippen LogP contribution is -2.13. The van der Waals surface area contributed by atoms with Crippen LogP contribution in [0.5, 0.6) is 11.5 Å². The van der Waals surface area contributed by atoms with Gasteiger partial charge in [-0.25, -0.2) is 4.79 Å². The average molecular weight is 212 g/mol. The first-order valence-electron chi connectivity index (χ1n) is 4.23. The molecule has 0 radical (unpaired) electrons. The molecule has 1 rings (SSSR count). The maximum Gasteiger partial charge on any atom is 0.339 e. The van der Waals surface area contributed by atoms with Gasteiger partial charge in [0.1, 0.15) is 11.5 Å². The summed E-state index contributed by atoms with van der Waals surface area (Å²) in [5.74, 6) is -0.585. The minimum atomic E-state index is -1.51. The van der Waals surface area contributed by atoms with Crippen molar-refractivity contribution in [2.24, 2.45) is 0 Å². The molecule has 0 heterocycles. The fourth-order valence-corrected chi connectivity index (χ4v) is 1.12. The molecule has 0 aliphatic rings. The first kappa shape index (κ1) is 11.3. The highest BCUT2D eigenvalue weighted by Crippen LogP contribution is 2.28. The van der Waals surface area contributed by atoms with E-state index in [1.807, 2.05) is 0 Å². The van der Waals surface area contributed by atoms with E-state index in [-0.39, 0.29) is 11.3 Å². The minimum Gasteiger partial charge on any atom is -0.508 e. The number of phenolic OH excluding ortho intramolecular Hbond substituents is 1. The van der Waals surface area contributed by atoms with Crippen molar-refractivity contribution in [2.45, 2.75) is 6.10 Å². The maximum atomic E-state index is 11.0. The van der Waals surface area contributed by atoms with E-state index in [1.54, 1.807) is 0 Å². The smallest absolute Gasteiger partial charge is 0.339 e. The summed E-state index contributed by atoms with van der Waals surface area (Å²) in [5, 5.41) is 18.9. The predicted molar refractivity (Wildman–Crippen MR) is 51.6 cm³/mol. The molecule has 1 aromatic rings. The quantitative estimate of drug-likeness (QED) is 0.718. The molecule has 0 amide bonds. The summed E-state index contributed by atoms with van der Waals surface area (Å²) in [6.45, 7) is 0. The molecule has 1 unspecified atom stereocenters. The van der Waals surface area contributed by atoms with Crippen molar-refractivity contribution in [3.8, 4) is 11.5 Å². The Bertz CT molecular complexity index is 361. The zero-order valence-electron chi connectivity index (χ0n) is 8.43. The summed E-state index contributed by atoms with van der Waals surface area (Å²) in [6.07, 6.45) is -1.51. The molecule has 0 aliphatic heterocycles. The molecule has 0 fully saturated rings. The lowest BCUT2D eigenvalue weighted by Gasteiger charge is -2.11. The van der Waals surface area contributed by atoms with Crippen molar-refractivity contribution in [3.05, 3.63) is 23.8 Å². The second kappa shape index (κ2) is 4.65. The molecule has 82 valence electrons. The summed E-state index contributed by atoms with van der Waals surface area (Å²) in [7, 11) is 2.60. The number of aliphatic hydroxyl groups excluding tert-OH is 1. The molecule has 0 saturated heterocycles. The van der Waals surface area contributed by atoms with Gasteiger partial charge in [-0.2, -0.15) is 0 Å². The van der Waals surface area contributed by atoms with E-state index in [2.05, 4.69) is 4.74 Å². The summed E-state index contributed by atoms with van der Waals surface area (Å²) in [6, 6.07) is 4.22. The van der Waals surface area contributed by atoms with Crippen LogP contribution < -0.4 is 4.74 Å². The Morgan fingerprint density at radius 3 is 2.60 bits per heavy atom. The number of ether oxygens (including phenoxy) is 2. The van der Waals surface area contributed by atoms with Crippen molar-refractivity contribution in [1.82, 2.24) is 0 Å². The molecule has 0 aliphatic carbocycles. The highest BCUT2D eigenvalue weighted by molar-refractivity contribution is 5.77. The van der Waals surface area contributed by atoms with Gasteiger partial charge in [0.05, 0.1) is 14.2 Å². The van der Waals surface area contributed by atoms with Crippen molar-refractivity contribution in [1.29, 1.82) is 0 Å². The van der Waals surface area contributed by atoms with Gasteiger partial charge < -0.3 is 19.7 Å². The van der Waals surface area contributed by atoms with Gasteiger partial charge >= 0.3 is 5.97 Å². The number of phenols is 1. The Morgan fingerprint density at radius 1 is 1.40 bits per heavy atom. The lowest BCUT2D eigenvalue weighted by atomic mass is 10.1. The molecule has 5 heteroatoms. The molecule has 2 N–H and O–H groups in total. The number of esters is 1. The number of hydrogen-bond donors (Lipinski definition) is 2. The lowest BCUT2D eigenvalue weighted by molar-refractivity contribution is -0.150. The largest absolute Gasteiger partial charge is 0.508 e. The van der Waals surface area contributed by atoms with Crippen LogP contribution in [0.2, 0.25) is 0 Å². The van der Waals surface area contributed by atoms with Crippen LogP contribution in [-0.4, -0.2) is 30.4 Å². The van der Waals surface area contributed by atoms with Crippen LogP contribution in [0.4, 0.5) is 0 Å². The molecule has 0 aromatic heterocycles. The number of aromatic hydroxyl groups is 1. The number of rotatable bonds is 3. The zero-order valence-corrected chi connectivity index (χ0v) is 8.43. The van der Waals surface area contributed by atoms with E-state index in [9.17, 15) is 15.0 Å². The molecule has 1 atom stereocenters. The number of methoxy groups -OCH3 is 2. The summed E-state index contributed by atoms with van der Waals surface area (Å²) < 4.78 is 9.25. The fraction of sp³-hybridized carbons (Fsp3) is 0.300. The van der Waals surface area contributed by atoms with Gasteiger partial charge in [0.25, 0.3) is 0 Å². The van der Waals surface area contributed by atoms with E-state index in [4.69, 9.17) is 4.74 Å². The van der Waals surface area contributed by atoms with E-state index in [0.717, 1.165) is 7.11 Å². The van der Waals surface area contributed by atoms with Gasteiger partial charge in [-0.1, -0.05) is 0 Å². The van der Waals surface area contributed by atoms with Crippen LogP contribution >= 0.6 is 0 Å². The van der Waals surface area contributed by atoms with Gasteiger partial charge in [-0.15, -0.1) is 0 Å². The Hall–Kier alpha value is -1.75. The normalized spacial score (nSPS) is 11.9. The molecule has 1 aromatic carbocycles. The van der Waals surface area contributed by atoms with E-state index in [0.29, 0.717) is 5.75 Å². The molecule has 0 saturated carbocycles. The molecular weight excluding hydrogens is 200 g/mol. The van der Waals surface area contributed by atoms with Crippen molar-refractivity contribution >= 4 is 5.97 Å². The third-order valence-electron chi connectivity index (χ3n) is 1.95. The molecule has 0 spiro atoms. The Morgan fingerprint density at radius 2 is 2.07 bits per heavy atom. The van der Waals surface area contributed by atoms with Crippen LogP contribution in [0.1, 0.15) is 11.7 Å². The van der Waals surface area contributed by atoms with Crippen LogP contribution in [0.15, 0.2) is 18.2 Å². The third-order valence-corrected chi connectivity index (χ3v) is 1.95. The van der Waals surface area contributed by atoms with Gasteiger partial charge in [-0.05, 0) is 18.2 Å². The minimum absolute atomic E-state index is 0.0567. The second-order valence-corrected chi connectivity index (χ2v) is 2.85. The van der Waals surface area contributed by atoms with Gasteiger partial charge in [0.15, 0.2) is 6.10 Å². The molecule has 15 heavy (non-hydrogen) atoms. The van der Waals surface area contributed by atoms with E-state index >= 15 is 0 Å². The number of benzene rings is 1. The van der Waals surface area contributed by atoms with Crippen LogP contribution in [-0.2, 0) is 9.53 Å². The number of aliphatic hydroxyl groups is 1. The Labute approximate surface area is 86.9 Å². The summed E-state index contributed by atoms with van der Waals surface area (Å²) in [5.41, 5.74) is 0.0567. The summed E-state index contributed by atoms with van der Waals surface area (Å²) in [4.78, 5) is 11.0. The monoisotopic (exact) mass is 212 g/mol. The molecular formula is C10H12O5. The standard InChI is InChI=1S/C10H12O5/c1-14-6-3-4-8(11)7(5-6)9(12)10(13)15-2/h3-5,9,11-12H,1-2H3. The van der Waals surface area contributed by atoms with Crippen molar-refractivity contribution < 1.29 is 24.5 Å². The van der Waals surface area contributed by atoms with Crippen LogP contribution in [0, 0.1) is 0 Å². The van der Waals surface area contributed by atoms with Crippen LogP contribution in [0.3, 0.4) is 0 Å². The number of carbonyl (C=O) groups is 1. The highest BCUT2D eigenvalue weighted by Gasteiger charge is 2.21. The fourth-order valence-electron chi connectivity index (χ4n) is 1.12. The number of hydrogen-bond acceptors (Lipinski definition) is 5. The topological polar surface area (TPSA) is 76.0 Å². The highest BCUT2D eigenvalue weighted by atomic mass is 16.5. The second-order valence-electron chi connectivity index (χ2n) is 2.85. The molecule has 5 nitrogen and oxygen atoms in total. The Balaban J connectivity index is 3.06. The van der Waals surface area contributed by atoms with Gasteiger partial charge in [0, 0.05) is 5.56 Å². The van der Waals surface area contributed by atoms with E-state index in [1.165, 1.54) is 25.3 Å². The predicted octanol–water partition coefficient (Wildman–Crippen LogP) is 0.607. The first-order valence-corrected chi connectivity index (χ1v) is 4.23. The van der Waals surface area contributed by atoms with Gasteiger partial charge in [0.2, 0.25) is 0 Å². The maximum absolute atomic E-state index is 11.0. The van der Waals surface area contributed by atoms with Crippen molar-refractivity contribution in [3.63, 3.8) is 0 Å². The summed E-state index contributed by atoms with van der Waals surface area (Å²) >= 11 is 0. The molecule has 0 bridgehead atoms. The first-order chi connectivity index (χ1) is 7.10. The Kier molecular flexibility index (Phi) is 3.51. The SMILES string of the molecule is COC(=O)C(O)c1cc(OC)ccc1O. The van der Waals surface area contributed by atoms with Gasteiger partial charge in [-0.3, -0.25) is 0 Å². The van der Waals surface area contributed by atoms with Crippen LogP contribution in [0.25, 0.3) is 0 Å².